The second-order valence-corrected chi connectivity index (χ2v) is 3.43. The quantitative estimate of drug-likeness (QED) is 0.698. The fourth-order valence-corrected chi connectivity index (χ4v) is 1.45. The van der Waals surface area contributed by atoms with Gasteiger partial charge in [-0.15, -0.1) is 0 Å². The van der Waals surface area contributed by atoms with Gasteiger partial charge in [0.2, 0.25) is 0 Å². The van der Waals surface area contributed by atoms with Gasteiger partial charge in [0.05, 0.1) is 20.0 Å². The van der Waals surface area contributed by atoms with E-state index in [0.29, 0.717) is 5.56 Å². The van der Waals surface area contributed by atoms with Gasteiger partial charge in [-0.1, -0.05) is 0 Å². The number of hydrogen-bond acceptors (Lipinski definition) is 4. The molecule has 6 nitrogen and oxygen atoms in total. The largest absolute Gasteiger partial charge is 0.508 e. The van der Waals surface area contributed by atoms with E-state index >= 15 is 0 Å². The number of phenols is 1. The van der Waals surface area contributed by atoms with Gasteiger partial charge < -0.3 is 20.1 Å². The Bertz CT molecular complexity index is 452. The standard InChI is InChI=1S/C11H12O6/c1-17-9-3-6(4-10(13)14)8(12)2-7(9)5-11(15)16/h2-3,12H,4-5H2,1H3,(H,13,14)(H,15,16). The molecule has 17 heavy (non-hydrogen) atoms. The molecule has 92 valence electrons. The summed E-state index contributed by atoms with van der Waals surface area (Å²) in [5.41, 5.74) is 0.482. The van der Waals surface area contributed by atoms with E-state index < -0.39 is 11.9 Å². The first-order chi connectivity index (χ1) is 7.93. The number of ether oxygens (including phenoxy) is 1. The lowest BCUT2D eigenvalue weighted by molar-refractivity contribution is -0.137. The molecule has 1 aromatic carbocycles. The van der Waals surface area contributed by atoms with E-state index in [1.807, 2.05) is 0 Å². The van der Waals surface area contributed by atoms with Gasteiger partial charge >= 0.3 is 11.9 Å². The number of carboxylic acids is 2. The lowest BCUT2D eigenvalue weighted by atomic mass is 10.0. The molecule has 0 radical (unpaired) electrons. The minimum Gasteiger partial charge on any atom is -0.508 e. The van der Waals surface area contributed by atoms with Crippen LogP contribution in [0.3, 0.4) is 0 Å². The summed E-state index contributed by atoms with van der Waals surface area (Å²) in [5.74, 6) is -2.15. The number of methoxy groups -OCH3 is 1. The van der Waals surface area contributed by atoms with Gasteiger partial charge in [0, 0.05) is 11.1 Å². The number of rotatable bonds is 5. The second kappa shape index (κ2) is 5.20. The molecule has 6 heteroatoms. The first kappa shape index (κ1) is 12.8. The van der Waals surface area contributed by atoms with Gasteiger partial charge in [-0.05, 0) is 12.1 Å². The molecule has 0 spiro atoms. The first-order valence-electron chi connectivity index (χ1n) is 4.76. The fraction of sp³-hybridized carbons (Fsp3) is 0.273. The van der Waals surface area contributed by atoms with Crippen molar-refractivity contribution >= 4 is 11.9 Å². The Balaban J connectivity index is 3.14. The molecule has 0 aliphatic heterocycles. The van der Waals surface area contributed by atoms with Gasteiger partial charge in [0.15, 0.2) is 0 Å². The normalized spacial score (nSPS) is 9.94. The Morgan fingerprint density at radius 2 is 1.65 bits per heavy atom. The van der Waals surface area contributed by atoms with Crippen LogP contribution in [0.2, 0.25) is 0 Å². The molecule has 0 aliphatic carbocycles. The van der Waals surface area contributed by atoms with E-state index in [2.05, 4.69) is 0 Å². The first-order valence-corrected chi connectivity index (χ1v) is 4.76. The molecule has 0 saturated heterocycles. The topological polar surface area (TPSA) is 104 Å². The number of aliphatic carboxylic acids is 2. The van der Waals surface area contributed by atoms with E-state index in [0.717, 1.165) is 0 Å². The fourth-order valence-electron chi connectivity index (χ4n) is 1.45. The molecule has 0 bridgehead atoms. The minimum atomic E-state index is -1.09. The van der Waals surface area contributed by atoms with Crippen LogP contribution in [0.25, 0.3) is 0 Å². The number of phenolic OH excluding ortho intramolecular Hbond substituents is 1. The maximum absolute atomic E-state index is 10.6. The van der Waals surface area contributed by atoms with E-state index in [9.17, 15) is 14.7 Å². The van der Waals surface area contributed by atoms with Crippen molar-refractivity contribution in [3.05, 3.63) is 23.3 Å². The zero-order chi connectivity index (χ0) is 13.0. The third-order valence-corrected chi connectivity index (χ3v) is 2.17. The maximum atomic E-state index is 10.6. The molecular weight excluding hydrogens is 228 g/mol. The van der Waals surface area contributed by atoms with Gasteiger partial charge in [-0.3, -0.25) is 9.59 Å². The summed E-state index contributed by atoms with van der Waals surface area (Å²) >= 11 is 0. The Morgan fingerprint density at radius 1 is 1.12 bits per heavy atom. The molecule has 0 fully saturated rings. The highest BCUT2D eigenvalue weighted by Crippen LogP contribution is 2.28. The van der Waals surface area contributed by atoms with Crippen molar-refractivity contribution in [1.29, 1.82) is 0 Å². The zero-order valence-corrected chi connectivity index (χ0v) is 9.14. The van der Waals surface area contributed by atoms with Crippen molar-refractivity contribution in [2.45, 2.75) is 12.8 Å². The number of benzene rings is 1. The summed E-state index contributed by atoms with van der Waals surface area (Å²) in [4.78, 5) is 21.1. The summed E-state index contributed by atoms with van der Waals surface area (Å²) in [6.07, 6.45) is -0.653. The monoisotopic (exact) mass is 240 g/mol. The van der Waals surface area contributed by atoms with Crippen LogP contribution >= 0.6 is 0 Å². The molecule has 0 aliphatic rings. The number of carboxylic acid groups (broad SMARTS) is 2. The highest BCUT2D eigenvalue weighted by molar-refractivity contribution is 5.74. The summed E-state index contributed by atoms with van der Waals surface area (Å²) in [5, 5.41) is 26.8. The highest BCUT2D eigenvalue weighted by Gasteiger charge is 2.14. The Kier molecular flexibility index (Phi) is 3.92. The molecule has 3 N–H and O–H groups in total. The molecule has 0 unspecified atom stereocenters. The zero-order valence-electron chi connectivity index (χ0n) is 9.14. The third kappa shape index (κ3) is 3.37. The molecule has 1 aromatic rings. The average Bonchev–Trinajstić information content (AvgIpc) is 2.20. The van der Waals surface area contributed by atoms with Crippen LogP contribution in [0, 0.1) is 0 Å². The van der Waals surface area contributed by atoms with E-state index in [1.165, 1.54) is 19.2 Å². The average molecular weight is 240 g/mol. The highest BCUT2D eigenvalue weighted by atomic mass is 16.5. The number of carbonyl (C=O) groups is 2. The van der Waals surface area contributed by atoms with Crippen LogP contribution < -0.4 is 4.74 Å². The number of hydrogen-bond donors (Lipinski definition) is 3. The maximum Gasteiger partial charge on any atom is 0.307 e. The second-order valence-electron chi connectivity index (χ2n) is 3.43. The van der Waals surface area contributed by atoms with Crippen LogP contribution in [-0.4, -0.2) is 34.4 Å². The smallest absolute Gasteiger partial charge is 0.307 e. The van der Waals surface area contributed by atoms with Gasteiger partial charge in [0.1, 0.15) is 11.5 Å². The van der Waals surface area contributed by atoms with Crippen LogP contribution in [0.5, 0.6) is 11.5 Å². The molecular formula is C11H12O6. The van der Waals surface area contributed by atoms with Crippen LogP contribution in [0.1, 0.15) is 11.1 Å². The lowest BCUT2D eigenvalue weighted by Crippen LogP contribution is -2.05. The third-order valence-electron chi connectivity index (χ3n) is 2.17. The molecule has 0 atom stereocenters. The van der Waals surface area contributed by atoms with Crippen molar-refractivity contribution in [3.63, 3.8) is 0 Å². The van der Waals surface area contributed by atoms with E-state index in [1.54, 1.807) is 0 Å². The summed E-state index contributed by atoms with van der Waals surface area (Å²) < 4.78 is 4.96. The minimum absolute atomic E-state index is 0.184. The SMILES string of the molecule is COc1cc(CC(=O)O)c(O)cc1CC(=O)O. The predicted molar refractivity (Wildman–Crippen MR) is 57.3 cm³/mol. The molecule has 0 amide bonds. The van der Waals surface area contributed by atoms with Gasteiger partial charge in [-0.2, -0.15) is 0 Å². The summed E-state index contributed by atoms with van der Waals surface area (Å²) in [7, 11) is 1.35. The van der Waals surface area contributed by atoms with Crippen molar-refractivity contribution < 1.29 is 29.6 Å². The Labute approximate surface area is 97.1 Å². The molecule has 0 saturated carbocycles. The predicted octanol–water partition coefficient (Wildman–Crippen LogP) is 0.655. The van der Waals surface area contributed by atoms with Gasteiger partial charge in [0.25, 0.3) is 0 Å². The summed E-state index contributed by atoms with van der Waals surface area (Å²) in [6, 6.07) is 2.55. The van der Waals surface area contributed by atoms with Crippen molar-refractivity contribution in [3.8, 4) is 11.5 Å². The van der Waals surface area contributed by atoms with Crippen LogP contribution in [-0.2, 0) is 22.4 Å². The van der Waals surface area contributed by atoms with Crippen molar-refractivity contribution in [2.24, 2.45) is 0 Å². The van der Waals surface area contributed by atoms with E-state index in [4.69, 9.17) is 14.9 Å². The molecule has 0 heterocycles. The summed E-state index contributed by atoms with van der Waals surface area (Å²) in [6.45, 7) is 0. The molecule has 0 aromatic heterocycles. The van der Waals surface area contributed by atoms with Gasteiger partial charge in [-0.25, -0.2) is 0 Å². The number of aromatic hydroxyl groups is 1. The van der Waals surface area contributed by atoms with E-state index in [-0.39, 0.29) is 29.9 Å². The van der Waals surface area contributed by atoms with Crippen LogP contribution in [0.4, 0.5) is 0 Å². The van der Waals surface area contributed by atoms with Crippen molar-refractivity contribution in [1.82, 2.24) is 0 Å². The Morgan fingerprint density at radius 3 is 2.12 bits per heavy atom. The van der Waals surface area contributed by atoms with Crippen molar-refractivity contribution in [2.75, 3.05) is 7.11 Å². The lowest BCUT2D eigenvalue weighted by Gasteiger charge is -2.10. The molecule has 1 rings (SSSR count). The Hall–Kier alpha value is -2.24. The van der Waals surface area contributed by atoms with Crippen LogP contribution in [0.15, 0.2) is 12.1 Å².